The van der Waals surface area contributed by atoms with Crippen molar-refractivity contribution in [3.8, 4) is 11.8 Å². The monoisotopic (exact) mass is 300 g/mol. The average Bonchev–Trinajstić information content (AvgIpc) is 3.11. The third-order valence-electron chi connectivity index (χ3n) is 5.13. The zero-order valence-corrected chi connectivity index (χ0v) is 14.1. The van der Waals surface area contributed by atoms with Gasteiger partial charge in [0.05, 0.1) is 13.1 Å². The maximum Gasteiger partial charge on any atom is 0.139 e. The molecule has 0 radical (unpaired) electrons. The first kappa shape index (κ1) is 17.1. The molecule has 1 aliphatic carbocycles. The third kappa shape index (κ3) is 4.12. The standard InChI is InChI=1S/C20H29NO/c1-3-21(4-2)17-11-10-16-20(22,19-14-8-9-15-19)18-12-6-5-7-13-18/h5-7,12-13,19,22H,3-4,8-9,14-17H2,1-2H3/p+1/t20-/m0/s1. The molecule has 1 aliphatic rings. The van der Waals surface area contributed by atoms with E-state index in [0.717, 1.165) is 38.0 Å². The lowest BCUT2D eigenvalue weighted by molar-refractivity contribution is -0.889. The van der Waals surface area contributed by atoms with Gasteiger partial charge in [0.1, 0.15) is 12.1 Å². The first-order valence-corrected chi connectivity index (χ1v) is 8.77. The summed E-state index contributed by atoms with van der Waals surface area (Å²) in [5.74, 6) is 6.92. The molecule has 2 nitrogen and oxygen atoms in total. The lowest BCUT2D eigenvalue weighted by Gasteiger charge is -2.33. The van der Waals surface area contributed by atoms with Crippen molar-refractivity contribution in [1.29, 1.82) is 0 Å². The Bertz CT molecular complexity index is 491. The number of aliphatic hydroxyl groups is 1. The van der Waals surface area contributed by atoms with Crippen LogP contribution < -0.4 is 4.90 Å². The number of hydrogen-bond donors (Lipinski definition) is 2. The summed E-state index contributed by atoms with van der Waals surface area (Å²) in [4.78, 5) is 1.50. The molecule has 120 valence electrons. The molecule has 0 amide bonds. The summed E-state index contributed by atoms with van der Waals surface area (Å²) in [6.45, 7) is 7.48. The molecule has 0 aromatic heterocycles. The highest BCUT2D eigenvalue weighted by Gasteiger charge is 2.39. The van der Waals surface area contributed by atoms with Crippen molar-refractivity contribution in [2.75, 3.05) is 19.6 Å². The largest absolute Gasteiger partial charge is 0.384 e. The fourth-order valence-corrected chi connectivity index (χ4v) is 3.50. The minimum atomic E-state index is -0.774. The molecule has 0 saturated heterocycles. The van der Waals surface area contributed by atoms with E-state index in [2.05, 4.69) is 37.8 Å². The van der Waals surface area contributed by atoms with Gasteiger partial charge in [0.15, 0.2) is 0 Å². The number of hydrogen-bond acceptors (Lipinski definition) is 1. The van der Waals surface area contributed by atoms with E-state index >= 15 is 0 Å². The number of nitrogens with one attached hydrogen (secondary N) is 1. The fraction of sp³-hybridized carbons (Fsp3) is 0.600. The van der Waals surface area contributed by atoms with E-state index in [1.807, 2.05) is 18.2 Å². The molecule has 0 heterocycles. The fourth-order valence-electron chi connectivity index (χ4n) is 3.50. The predicted octanol–water partition coefficient (Wildman–Crippen LogP) is 2.38. The summed E-state index contributed by atoms with van der Waals surface area (Å²) < 4.78 is 0. The molecule has 2 heteroatoms. The lowest BCUT2D eigenvalue weighted by atomic mass is 9.78. The van der Waals surface area contributed by atoms with Crippen LogP contribution in [0.4, 0.5) is 0 Å². The topological polar surface area (TPSA) is 24.7 Å². The van der Waals surface area contributed by atoms with E-state index in [4.69, 9.17) is 0 Å². The zero-order chi connectivity index (χ0) is 15.8. The SMILES string of the molecule is CC[NH+](CC)CC#CC[C@](O)(c1ccccc1)C1CCCC1. The summed E-state index contributed by atoms with van der Waals surface area (Å²) in [6, 6.07) is 10.1. The summed E-state index contributed by atoms with van der Waals surface area (Å²) >= 11 is 0. The molecule has 1 aromatic rings. The maximum atomic E-state index is 11.4. The summed E-state index contributed by atoms with van der Waals surface area (Å²) in [5.41, 5.74) is 0.259. The molecule has 1 saturated carbocycles. The highest BCUT2D eigenvalue weighted by molar-refractivity contribution is 5.26. The molecule has 0 spiro atoms. The van der Waals surface area contributed by atoms with Crippen LogP contribution >= 0.6 is 0 Å². The van der Waals surface area contributed by atoms with Gasteiger partial charge in [-0.2, -0.15) is 0 Å². The van der Waals surface area contributed by atoms with Gasteiger partial charge < -0.3 is 10.0 Å². The minimum Gasteiger partial charge on any atom is -0.384 e. The molecular formula is C20H30NO+. The second kappa shape index (κ2) is 8.36. The quantitative estimate of drug-likeness (QED) is 0.775. The Hall–Kier alpha value is -1.30. The Kier molecular flexibility index (Phi) is 6.49. The van der Waals surface area contributed by atoms with E-state index in [1.54, 1.807) is 0 Å². The number of quaternary nitrogens is 1. The second-order valence-corrected chi connectivity index (χ2v) is 6.44. The van der Waals surface area contributed by atoms with Gasteiger partial charge in [0.25, 0.3) is 0 Å². The summed E-state index contributed by atoms with van der Waals surface area (Å²) in [7, 11) is 0. The number of rotatable bonds is 6. The van der Waals surface area contributed by atoms with Crippen LogP contribution in [0.5, 0.6) is 0 Å². The van der Waals surface area contributed by atoms with Crippen molar-refractivity contribution in [3.63, 3.8) is 0 Å². The van der Waals surface area contributed by atoms with E-state index in [9.17, 15) is 5.11 Å². The van der Waals surface area contributed by atoms with Gasteiger partial charge in [0, 0.05) is 6.42 Å². The molecule has 0 bridgehead atoms. The minimum absolute atomic E-state index is 0.352. The van der Waals surface area contributed by atoms with E-state index in [1.165, 1.54) is 17.7 Å². The molecule has 1 aromatic carbocycles. The van der Waals surface area contributed by atoms with Crippen molar-refractivity contribution in [2.24, 2.45) is 5.92 Å². The summed E-state index contributed by atoms with van der Waals surface area (Å²) in [6.07, 6.45) is 5.26. The Morgan fingerprint density at radius 2 is 1.73 bits per heavy atom. The van der Waals surface area contributed by atoms with Crippen LogP contribution in [0.2, 0.25) is 0 Å². The summed E-state index contributed by atoms with van der Waals surface area (Å²) in [5, 5.41) is 11.4. The first-order chi connectivity index (χ1) is 10.7. The van der Waals surface area contributed by atoms with Gasteiger partial charge in [-0.3, -0.25) is 0 Å². The van der Waals surface area contributed by atoms with Crippen molar-refractivity contribution < 1.29 is 10.0 Å². The van der Waals surface area contributed by atoms with E-state index in [-0.39, 0.29) is 0 Å². The zero-order valence-electron chi connectivity index (χ0n) is 14.1. The van der Waals surface area contributed by atoms with Crippen LogP contribution in [0.25, 0.3) is 0 Å². The smallest absolute Gasteiger partial charge is 0.139 e. The van der Waals surface area contributed by atoms with Gasteiger partial charge in [0.2, 0.25) is 0 Å². The molecule has 0 aliphatic heterocycles. The van der Waals surface area contributed by atoms with Crippen molar-refractivity contribution in [1.82, 2.24) is 0 Å². The van der Waals surface area contributed by atoms with Crippen molar-refractivity contribution >= 4 is 0 Å². The Balaban J connectivity index is 2.11. The molecule has 2 N–H and O–H groups in total. The third-order valence-corrected chi connectivity index (χ3v) is 5.13. The van der Waals surface area contributed by atoms with Crippen LogP contribution in [-0.4, -0.2) is 24.7 Å². The van der Waals surface area contributed by atoms with Gasteiger partial charge in [-0.25, -0.2) is 0 Å². The van der Waals surface area contributed by atoms with Crippen molar-refractivity contribution in [3.05, 3.63) is 35.9 Å². The van der Waals surface area contributed by atoms with Gasteiger partial charge in [-0.05, 0) is 44.1 Å². The van der Waals surface area contributed by atoms with E-state index in [0.29, 0.717) is 12.3 Å². The van der Waals surface area contributed by atoms with Gasteiger partial charge in [-0.15, -0.1) is 0 Å². The van der Waals surface area contributed by atoms with Crippen LogP contribution in [0.3, 0.4) is 0 Å². The molecule has 2 rings (SSSR count). The highest BCUT2D eigenvalue weighted by atomic mass is 16.3. The molecule has 1 atom stereocenters. The lowest BCUT2D eigenvalue weighted by Crippen LogP contribution is -3.11. The molecule has 22 heavy (non-hydrogen) atoms. The Morgan fingerprint density at radius 3 is 2.32 bits per heavy atom. The first-order valence-electron chi connectivity index (χ1n) is 8.77. The van der Waals surface area contributed by atoms with Crippen LogP contribution in [0, 0.1) is 17.8 Å². The number of benzene rings is 1. The Morgan fingerprint density at radius 1 is 1.09 bits per heavy atom. The average molecular weight is 300 g/mol. The van der Waals surface area contributed by atoms with Crippen LogP contribution in [0.1, 0.15) is 51.5 Å². The highest BCUT2D eigenvalue weighted by Crippen LogP contribution is 2.42. The van der Waals surface area contributed by atoms with Crippen LogP contribution in [-0.2, 0) is 5.60 Å². The normalized spacial score (nSPS) is 18.0. The van der Waals surface area contributed by atoms with Crippen molar-refractivity contribution in [2.45, 2.75) is 51.6 Å². The molecule has 1 fully saturated rings. The second-order valence-electron chi connectivity index (χ2n) is 6.44. The van der Waals surface area contributed by atoms with Crippen LogP contribution in [0.15, 0.2) is 30.3 Å². The Labute approximate surface area is 135 Å². The molecular weight excluding hydrogens is 270 g/mol. The van der Waals surface area contributed by atoms with Gasteiger partial charge in [-0.1, -0.05) is 49.1 Å². The van der Waals surface area contributed by atoms with E-state index < -0.39 is 5.60 Å². The predicted molar refractivity (Wildman–Crippen MR) is 91.6 cm³/mol. The van der Waals surface area contributed by atoms with Gasteiger partial charge >= 0.3 is 0 Å². The maximum absolute atomic E-state index is 11.4. The molecule has 0 unspecified atom stereocenters.